The highest BCUT2D eigenvalue weighted by molar-refractivity contribution is 5.77. The standard InChI is InChI=1S/C65H122N2O21/c1-4-6-8-10-12-14-15-16-17-18-19-20-21-22-23-24-25-26-27-28-29-31-33-35-37-39-52(75)67-46(47(72)38-36-34-32-30-13-11-9-7-5-2)44-83-62-57(79)56(78)59(51(43-70)85-62)86-63-58(80)61(55(77)50(42-69)84-63)88-65(64(81)82)40-48(73)53(66-45(3)71)60(87-65)54(76)49(74)41-68/h46-51,53-63,68-70,72-74,76-80H,4-44H2,1-3H3,(H,66,71)(H,67,75)(H,81,82). The van der Waals surface area contributed by atoms with E-state index in [1.807, 2.05) is 0 Å². The lowest BCUT2D eigenvalue weighted by Crippen LogP contribution is -2.70. The molecule has 0 aliphatic carbocycles. The van der Waals surface area contributed by atoms with Gasteiger partial charge in [0.2, 0.25) is 11.8 Å². The molecule has 0 spiro atoms. The van der Waals surface area contributed by atoms with Crippen LogP contribution in [-0.4, -0.2) is 215 Å². The lowest BCUT2D eigenvalue weighted by Gasteiger charge is -2.50. The van der Waals surface area contributed by atoms with Crippen molar-refractivity contribution in [3.63, 3.8) is 0 Å². The average Bonchev–Trinajstić information content (AvgIpc) is 1.14. The van der Waals surface area contributed by atoms with Gasteiger partial charge in [0, 0.05) is 19.8 Å². The van der Waals surface area contributed by atoms with Crippen LogP contribution in [-0.2, 0) is 42.8 Å². The van der Waals surface area contributed by atoms with Crippen molar-refractivity contribution in [3.8, 4) is 0 Å². The number of carboxylic acids is 1. The average molecular weight is 1270 g/mol. The number of carboxylic acid groups (broad SMARTS) is 1. The molecule has 3 saturated heterocycles. The second kappa shape index (κ2) is 46.7. The summed E-state index contributed by atoms with van der Waals surface area (Å²) in [5.74, 6) is -6.09. The Labute approximate surface area is 525 Å². The molecule has 3 fully saturated rings. The molecule has 3 heterocycles. The largest absolute Gasteiger partial charge is 0.477 e. The number of aliphatic hydroxyl groups excluding tert-OH is 11. The highest BCUT2D eigenvalue weighted by Crippen LogP contribution is 2.39. The number of carbonyl (C=O) groups excluding carboxylic acids is 2. The van der Waals surface area contributed by atoms with E-state index in [4.69, 9.17) is 28.4 Å². The van der Waals surface area contributed by atoms with Crippen molar-refractivity contribution in [3.05, 3.63) is 0 Å². The van der Waals surface area contributed by atoms with E-state index in [1.54, 1.807) is 0 Å². The fourth-order valence-electron chi connectivity index (χ4n) is 12.3. The Morgan fingerprint density at radius 3 is 1.42 bits per heavy atom. The van der Waals surface area contributed by atoms with E-state index in [2.05, 4.69) is 24.5 Å². The van der Waals surface area contributed by atoms with Crippen LogP contribution in [0.1, 0.15) is 258 Å². The summed E-state index contributed by atoms with van der Waals surface area (Å²) >= 11 is 0. The van der Waals surface area contributed by atoms with Crippen molar-refractivity contribution in [2.75, 3.05) is 26.4 Å². The number of hydrogen-bond donors (Lipinski definition) is 14. The van der Waals surface area contributed by atoms with Crippen molar-refractivity contribution in [1.82, 2.24) is 10.6 Å². The van der Waals surface area contributed by atoms with Gasteiger partial charge in [-0.05, 0) is 12.8 Å². The number of nitrogens with one attached hydrogen (secondary N) is 2. The van der Waals surface area contributed by atoms with Crippen LogP contribution in [0.3, 0.4) is 0 Å². The molecule has 18 unspecified atom stereocenters. The number of hydrogen-bond acceptors (Lipinski definition) is 20. The molecule has 2 amide bonds. The molecule has 0 aromatic carbocycles. The minimum atomic E-state index is -3.08. The maximum absolute atomic E-state index is 13.4. The van der Waals surface area contributed by atoms with E-state index < -0.39 is 148 Å². The number of amides is 2. The Balaban J connectivity index is 1.52. The number of unbranched alkanes of at least 4 members (excludes halogenated alkanes) is 32. The highest BCUT2D eigenvalue weighted by atomic mass is 16.8. The maximum atomic E-state index is 13.4. The molecule has 0 aromatic rings. The van der Waals surface area contributed by atoms with Crippen LogP contribution in [0, 0.1) is 0 Å². The Morgan fingerprint density at radius 2 is 0.989 bits per heavy atom. The molecule has 3 rings (SSSR count). The summed E-state index contributed by atoms with van der Waals surface area (Å²) in [5, 5.41) is 136. The van der Waals surface area contributed by atoms with Gasteiger partial charge in [0.25, 0.3) is 5.79 Å². The Morgan fingerprint density at radius 1 is 0.545 bits per heavy atom. The first kappa shape index (κ1) is 80.0. The van der Waals surface area contributed by atoms with Crippen molar-refractivity contribution in [2.45, 2.75) is 368 Å². The van der Waals surface area contributed by atoms with Gasteiger partial charge in [-0.2, -0.15) is 0 Å². The van der Waals surface area contributed by atoms with E-state index in [-0.39, 0.29) is 18.9 Å². The molecule has 3 aliphatic heterocycles. The van der Waals surface area contributed by atoms with Crippen LogP contribution < -0.4 is 10.6 Å². The summed E-state index contributed by atoms with van der Waals surface area (Å²) in [4.78, 5) is 38.5. The third-order valence-electron chi connectivity index (χ3n) is 17.8. The Kier molecular flexibility index (Phi) is 42.5. The number of aliphatic hydroxyl groups is 11. The maximum Gasteiger partial charge on any atom is 0.364 e. The quantitative estimate of drug-likeness (QED) is 0.0323. The van der Waals surface area contributed by atoms with Crippen molar-refractivity contribution < 1.29 is 104 Å². The highest BCUT2D eigenvalue weighted by Gasteiger charge is 2.60. The molecule has 18 atom stereocenters. The fraction of sp³-hybridized carbons (Fsp3) is 0.954. The van der Waals surface area contributed by atoms with Gasteiger partial charge in [-0.1, -0.05) is 226 Å². The lowest BCUT2D eigenvalue weighted by molar-refractivity contribution is -0.386. The monoisotopic (exact) mass is 1270 g/mol. The van der Waals surface area contributed by atoms with Crippen LogP contribution in [0.2, 0.25) is 0 Å². The SMILES string of the molecule is CCCCCCCCCCCCCCCCCCCCCCCCCCCC(=O)NC(COC1OC(CO)C(OC2OC(CO)C(O)C(OC3(C(=O)O)CC(O)C(NC(C)=O)C(C(O)C(O)CO)O3)C2O)C(O)C1O)C(O)CCCCCCCCCCC. The van der Waals surface area contributed by atoms with Gasteiger partial charge in [-0.15, -0.1) is 0 Å². The zero-order valence-electron chi connectivity index (χ0n) is 53.8. The van der Waals surface area contributed by atoms with E-state index in [1.165, 1.54) is 161 Å². The lowest BCUT2D eigenvalue weighted by atomic mass is 9.88. The predicted molar refractivity (Wildman–Crippen MR) is 329 cm³/mol. The smallest absolute Gasteiger partial charge is 0.364 e. The Bertz CT molecular complexity index is 1790. The predicted octanol–water partition coefficient (Wildman–Crippen LogP) is 5.73. The minimum Gasteiger partial charge on any atom is -0.477 e. The van der Waals surface area contributed by atoms with Gasteiger partial charge in [-0.25, -0.2) is 4.79 Å². The van der Waals surface area contributed by atoms with Crippen LogP contribution in [0.5, 0.6) is 0 Å². The summed E-state index contributed by atoms with van der Waals surface area (Å²) in [7, 11) is 0. The molecule has 0 bridgehead atoms. The number of ether oxygens (including phenoxy) is 6. The molecule has 23 heteroatoms. The van der Waals surface area contributed by atoms with Gasteiger partial charge >= 0.3 is 5.97 Å². The summed E-state index contributed by atoms with van der Waals surface area (Å²) < 4.78 is 34.8. The molecule has 0 radical (unpaired) electrons. The first-order valence-corrected chi connectivity index (χ1v) is 34.4. The van der Waals surface area contributed by atoms with Gasteiger partial charge in [0.1, 0.15) is 67.1 Å². The Hall–Kier alpha value is -2.27. The van der Waals surface area contributed by atoms with Gasteiger partial charge in [0.15, 0.2) is 12.6 Å². The molecular formula is C65H122N2O21. The third kappa shape index (κ3) is 29.4. The molecule has 0 aromatic heterocycles. The molecule has 518 valence electrons. The molecule has 88 heavy (non-hydrogen) atoms. The van der Waals surface area contributed by atoms with Gasteiger partial charge in [-0.3, -0.25) is 9.59 Å². The minimum absolute atomic E-state index is 0.229. The third-order valence-corrected chi connectivity index (χ3v) is 17.8. The molecular weight excluding hydrogens is 1140 g/mol. The van der Waals surface area contributed by atoms with Crippen molar-refractivity contribution in [1.29, 1.82) is 0 Å². The molecule has 3 aliphatic rings. The topological polar surface area (TPSA) is 373 Å². The summed E-state index contributed by atoms with van der Waals surface area (Å²) in [6.45, 7) is 2.18. The molecule has 23 nitrogen and oxygen atoms in total. The number of aliphatic carboxylic acids is 1. The van der Waals surface area contributed by atoms with Gasteiger partial charge < -0.3 is 100 Å². The van der Waals surface area contributed by atoms with Crippen LogP contribution in [0.4, 0.5) is 0 Å². The first-order chi connectivity index (χ1) is 42.4. The molecule has 0 saturated carbocycles. The summed E-state index contributed by atoms with van der Waals surface area (Å²) in [6, 6.07) is -2.52. The number of rotatable bonds is 52. The van der Waals surface area contributed by atoms with Gasteiger partial charge in [0.05, 0.1) is 50.7 Å². The van der Waals surface area contributed by atoms with E-state index in [0.29, 0.717) is 19.3 Å². The fourth-order valence-corrected chi connectivity index (χ4v) is 12.3. The van der Waals surface area contributed by atoms with Crippen LogP contribution in [0.15, 0.2) is 0 Å². The second-order valence-electron chi connectivity index (χ2n) is 25.4. The van der Waals surface area contributed by atoms with E-state index >= 15 is 0 Å². The first-order valence-electron chi connectivity index (χ1n) is 34.4. The summed E-state index contributed by atoms with van der Waals surface area (Å²) in [6.07, 6.45) is 12.9. The van der Waals surface area contributed by atoms with Crippen LogP contribution in [0.25, 0.3) is 0 Å². The van der Waals surface area contributed by atoms with E-state index in [9.17, 15) is 75.7 Å². The summed E-state index contributed by atoms with van der Waals surface area (Å²) in [5.41, 5.74) is 0. The van der Waals surface area contributed by atoms with Crippen molar-refractivity contribution in [2.24, 2.45) is 0 Å². The zero-order valence-corrected chi connectivity index (χ0v) is 53.8. The normalized spacial score (nSPS) is 28.9. The van der Waals surface area contributed by atoms with Crippen LogP contribution >= 0.6 is 0 Å². The molecule has 14 N–H and O–H groups in total. The van der Waals surface area contributed by atoms with E-state index in [0.717, 1.165) is 51.9 Å². The second-order valence-corrected chi connectivity index (χ2v) is 25.4. The number of carbonyl (C=O) groups is 3. The van der Waals surface area contributed by atoms with Crippen molar-refractivity contribution >= 4 is 17.8 Å². The zero-order chi connectivity index (χ0) is 64.7.